The molecule has 2 aromatic rings. The number of hydrogen-bond acceptors (Lipinski definition) is 5. The second kappa shape index (κ2) is 6.92. The molecular formula is C17H21N5O2. The molecule has 2 heterocycles. The van der Waals surface area contributed by atoms with Crippen LogP contribution >= 0.6 is 0 Å². The van der Waals surface area contributed by atoms with Gasteiger partial charge in [-0.25, -0.2) is 4.79 Å². The highest BCUT2D eigenvalue weighted by molar-refractivity contribution is 5.87. The van der Waals surface area contributed by atoms with Crippen LogP contribution in [0, 0.1) is 6.92 Å². The van der Waals surface area contributed by atoms with Crippen molar-refractivity contribution < 1.29 is 9.90 Å². The van der Waals surface area contributed by atoms with Gasteiger partial charge in [0.15, 0.2) is 5.69 Å². The van der Waals surface area contributed by atoms with Crippen molar-refractivity contribution in [1.29, 1.82) is 0 Å². The molecule has 0 spiro atoms. The summed E-state index contributed by atoms with van der Waals surface area (Å²) in [5, 5.41) is 17.1. The topological polar surface area (TPSA) is 92.9 Å². The van der Waals surface area contributed by atoms with Gasteiger partial charge in [-0.15, -0.1) is 6.58 Å². The van der Waals surface area contributed by atoms with Crippen LogP contribution in [0.4, 0.5) is 0 Å². The molecule has 1 aliphatic carbocycles. The number of aromatic carboxylic acids is 1. The van der Waals surface area contributed by atoms with Crippen molar-refractivity contribution in [2.75, 3.05) is 0 Å². The predicted molar refractivity (Wildman–Crippen MR) is 88.8 cm³/mol. The van der Waals surface area contributed by atoms with E-state index < -0.39 is 5.97 Å². The van der Waals surface area contributed by atoms with E-state index in [2.05, 4.69) is 27.0 Å². The van der Waals surface area contributed by atoms with Crippen LogP contribution in [0.2, 0.25) is 0 Å². The molecule has 0 saturated carbocycles. The van der Waals surface area contributed by atoms with Crippen molar-refractivity contribution >= 4 is 5.97 Å². The van der Waals surface area contributed by atoms with Gasteiger partial charge in [-0.05, 0) is 26.2 Å². The van der Waals surface area contributed by atoms with E-state index in [-0.39, 0.29) is 11.7 Å². The number of rotatable bonds is 6. The molecule has 2 aromatic heterocycles. The molecule has 1 aliphatic rings. The van der Waals surface area contributed by atoms with Crippen LogP contribution in [0.15, 0.2) is 25.0 Å². The average molecular weight is 327 g/mol. The summed E-state index contributed by atoms with van der Waals surface area (Å²) in [6.07, 6.45) is 7.65. The number of fused-ring (bicyclic) bond motifs is 1. The molecule has 3 rings (SSSR count). The number of nitrogens with zero attached hydrogens (tertiary/aromatic N) is 4. The number of carbonyl (C=O) groups is 1. The third-order valence-corrected chi connectivity index (χ3v) is 4.26. The molecule has 126 valence electrons. The summed E-state index contributed by atoms with van der Waals surface area (Å²) in [7, 11) is 0. The first kappa shape index (κ1) is 16.3. The molecule has 2 N–H and O–H groups in total. The van der Waals surface area contributed by atoms with Gasteiger partial charge in [0.2, 0.25) is 0 Å². The van der Waals surface area contributed by atoms with E-state index in [1.165, 1.54) is 0 Å². The first-order valence-corrected chi connectivity index (χ1v) is 8.02. The lowest BCUT2D eigenvalue weighted by Crippen LogP contribution is -2.35. The number of carboxylic acids is 1. The van der Waals surface area contributed by atoms with Gasteiger partial charge in [0.1, 0.15) is 0 Å². The molecule has 0 saturated heterocycles. The maximum atomic E-state index is 11.5. The van der Waals surface area contributed by atoms with Gasteiger partial charge in [0.05, 0.1) is 17.9 Å². The molecule has 7 heteroatoms. The Labute approximate surface area is 140 Å². The van der Waals surface area contributed by atoms with Crippen molar-refractivity contribution in [3.63, 3.8) is 0 Å². The molecular weight excluding hydrogens is 306 g/mol. The van der Waals surface area contributed by atoms with Gasteiger partial charge in [0.25, 0.3) is 0 Å². The van der Waals surface area contributed by atoms with Gasteiger partial charge in [-0.2, -0.15) is 5.10 Å². The minimum atomic E-state index is -0.973. The van der Waals surface area contributed by atoms with Crippen LogP contribution in [-0.4, -0.2) is 36.9 Å². The zero-order valence-corrected chi connectivity index (χ0v) is 13.7. The summed E-state index contributed by atoms with van der Waals surface area (Å²) in [4.78, 5) is 20.0. The molecule has 0 fully saturated rings. The van der Waals surface area contributed by atoms with E-state index in [0.717, 1.165) is 35.5 Å². The maximum Gasteiger partial charge on any atom is 0.356 e. The van der Waals surface area contributed by atoms with Crippen LogP contribution in [0.25, 0.3) is 0 Å². The quantitative estimate of drug-likeness (QED) is 0.781. The number of carboxylic acid groups (broad SMARTS) is 1. The smallest absolute Gasteiger partial charge is 0.356 e. The fourth-order valence-electron chi connectivity index (χ4n) is 3.07. The summed E-state index contributed by atoms with van der Waals surface area (Å²) in [5.74, 6) is -0.973. The summed E-state index contributed by atoms with van der Waals surface area (Å²) < 4.78 is 1.76. The summed E-state index contributed by atoms with van der Waals surface area (Å²) in [6.45, 7) is 6.77. The predicted octanol–water partition coefficient (Wildman–Crippen LogP) is 1.51. The second-order valence-electron chi connectivity index (χ2n) is 6.02. The van der Waals surface area contributed by atoms with Crippen molar-refractivity contribution in [2.45, 2.75) is 45.3 Å². The molecule has 24 heavy (non-hydrogen) atoms. The Morgan fingerprint density at radius 1 is 1.50 bits per heavy atom. The molecule has 0 aromatic carbocycles. The van der Waals surface area contributed by atoms with E-state index >= 15 is 0 Å². The third-order valence-electron chi connectivity index (χ3n) is 4.26. The first-order chi connectivity index (χ1) is 11.6. The van der Waals surface area contributed by atoms with Crippen LogP contribution in [-0.2, 0) is 25.9 Å². The van der Waals surface area contributed by atoms with Crippen molar-refractivity contribution in [1.82, 2.24) is 25.1 Å². The highest BCUT2D eigenvalue weighted by Crippen LogP contribution is 2.25. The molecule has 0 unspecified atom stereocenters. The normalized spacial score (nSPS) is 16.6. The zero-order chi connectivity index (χ0) is 17.1. The SMILES string of the molecule is C=CCn1nc(C(=O)O)c2c1CC[C@H](NCc1cnc(C)cn1)C2. The number of nitrogens with one attached hydrogen (secondary N) is 1. The van der Waals surface area contributed by atoms with Crippen LogP contribution in [0.3, 0.4) is 0 Å². The molecule has 7 nitrogen and oxygen atoms in total. The molecule has 1 atom stereocenters. The van der Waals surface area contributed by atoms with E-state index in [1.54, 1.807) is 23.2 Å². The van der Waals surface area contributed by atoms with E-state index in [1.807, 2.05) is 6.92 Å². The number of aryl methyl sites for hydroxylation is 1. The minimum absolute atomic E-state index is 0.161. The Kier molecular flexibility index (Phi) is 4.71. The van der Waals surface area contributed by atoms with Crippen LogP contribution < -0.4 is 5.32 Å². The Hall–Kier alpha value is -2.54. The molecule has 0 amide bonds. The Morgan fingerprint density at radius 3 is 3.00 bits per heavy atom. The number of aromatic nitrogens is 4. The van der Waals surface area contributed by atoms with E-state index in [9.17, 15) is 9.90 Å². The second-order valence-corrected chi connectivity index (χ2v) is 6.02. The Balaban J connectivity index is 1.72. The van der Waals surface area contributed by atoms with Gasteiger partial charge in [-0.3, -0.25) is 14.6 Å². The number of allylic oxidation sites excluding steroid dienone is 1. The van der Waals surface area contributed by atoms with Gasteiger partial charge in [-0.1, -0.05) is 6.08 Å². The average Bonchev–Trinajstić information content (AvgIpc) is 2.93. The lowest BCUT2D eigenvalue weighted by Gasteiger charge is -2.24. The third kappa shape index (κ3) is 3.35. The minimum Gasteiger partial charge on any atom is -0.476 e. The van der Waals surface area contributed by atoms with Crippen molar-refractivity contribution in [3.05, 3.63) is 53.4 Å². The fraction of sp³-hybridized carbons (Fsp3) is 0.412. The summed E-state index contributed by atoms with van der Waals surface area (Å²) in [6, 6.07) is 0.208. The van der Waals surface area contributed by atoms with Gasteiger partial charge < -0.3 is 10.4 Å². The van der Waals surface area contributed by atoms with Crippen molar-refractivity contribution in [3.8, 4) is 0 Å². The van der Waals surface area contributed by atoms with E-state index in [0.29, 0.717) is 19.5 Å². The van der Waals surface area contributed by atoms with Crippen LogP contribution in [0.5, 0.6) is 0 Å². The monoisotopic (exact) mass is 327 g/mol. The highest BCUT2D eigenvalue weighted by atomic mass is 16.4. The Morgan fingerprint density at radius 2 is 2.33 bits per heavy atom. The van der Waals surface area contributed by atoms with Crippen LogP contribution in [0.1, 0.15) is 39.6 Å². The standard InChI is InChI=1S/C17H21N5O2/c1-3-6-22-15-5-4-12(7-14(15)16(21-22)17(23)24)20-10-13-9-18-11(2)8-19-13/h3,8-9,12,20H,1,4-7,10H2,2H3,(H,23,24)/t12-/m0/s1. The van der Waals surface area contributed by atoms with Crippen molar-refractivity contribution in [2.24, 2.45) is 0 Å². The lowest BCUT2D eigenvalue weighted by atomic mass is 9.91. The van der Waals surface area contributed by atoms with Gasteiger partial charge in [0, 0.05) is 36.2 Å². The Bertz CT molecular complexity index is 751. The zero-order valence-electron chi connectivity index (χ0n) is 13.7. The number of hydrogen-bond donors (Lipinski definition) is 2. The molecule has 0 radical (unpaired) electrons. The van der Waals surface area contributed by atoms with Gasteiger partial charge >= 0.3 is 5.97 Å². The lowest BCUT2D eigenvalue weighted by molar-refractivity contribution is 0.0688. The summed E-state index contributed by atoms with van der Waals surface area (Å²) in [5.41, 5.74) is 3.78. The summed E-state index contributed by atoms with van der Waals surface area (Å²) >= 11 is 0. The first-order valence-electron chi connectivity index (χ1n) is 8.02. The largest absolute Gasteiger partial charge is 0.476 e. The fourth-order valence-corrected chi connectivity index (χ4v) is 3.07. The molecule has 0 bridgehead atoms. The highest BCUT2D eigenvalue weighted by Gasteiger charge is 2.28. The van der Waals surface area contributed by atoms with E-state index in [4.69, 9.17) is 0 Å². The molecule has 0 aliphatic heterocycles. The maximum absolute atomic E-state index is 11.5.